The Morgan fingerprint density at radius 2 is 1.66 bits per heavy atom. The summed E-state index contributed by atoms with van der Waals surface area (Å²) in [7, 11) is -3.37. The molecule has 0 saturated carbocycles. The molecule has 0 aromatic heterocycles. The molecule has 4 rings (SSSR count). The van der Waals surface area contributed by atoms with Gasteiger partial charge in [-0.15, -0.1) is 0 Å². The zero-order chi connectivity index (χ0) is 22.6. The van der Waals surface area contributed by atoms with Crippen molar-refractivity contribution >= 4 is 21.6 Å². The number of anilines is 1. The number of hydrogen-bond acceptors (Lipinski definition) is 4. The molecule has 1 amide bonds. The van der Waals surface area contributed by atoms with E-state index in [4.69, 9.17) is 0 Å². The summed E-state index contributed by atoms with van der Waals surface area (Å²) in [5.74, 6) is -0.104. The van der Waals surface area contributed by atoms with Crippen LogP contribution in [0.1, 0.15) is 42.4 Å². The number of carbonyl (C=O) groups is 1. The maximum absolute atomic E-state index is 12.8. The average molecular weight is 456 g/mol. The Balaban J connectivity index is 1.24. The highest BCUT2D eigenvalue weighted by atomic mass is 32.2. The quantitative estimate of drug-likeness (QED) is 0.694. The van der Waals surface area contributed by atoms with E-state index in [1.807, 2.05) is 31.2 Å². The Morgan fingerprint density at radius 1 is 0.969 bits per heavy atom. The van der Waals surface area contributed by atoms with Crippen LogP contribution in [-0.4, -0.2) is 44.8 Å². The first-order valence-corrected chi connectivity index (χ1v) is 13.2. The maximum Gasteiger partial charge on any atom is 0.223 e. The SMILES string of the molecule is Cc1cccc(CS(=O)(=O)N2CCC(C(=O)NCc3ccc(N4CCCC4)cc3)CC2)c1. The third-order valence-electron chi connectivity index (χ3n) is 6.52. The molecule has 2 fully saturated rings. The van der Waals surface area contributed by atoms with Crippen LogP contribution in [0.2, 0.25) is 0 Å². The lowest BCUT2D eigenvalue weighted by Crippen LogP contribution is -2.43. The van der Waals surface area contributed by atoms with Crippen molar-refractivity contribution < 1.29 is 13.2 Å². The summed E-state index contributed by atoms with van der Waals surface area (Å²) in [5.41, 5.74) is 4.19. The normalized spacial score (nSPS) is 18.1. The number of rotatable bonds is 7. The van der Waals surface area contributed by atoms with Crippen molar-refractivity contribution in [3.63, 3.8) is 0 Å². The van der Waals surface area contributed by atoms with Crippen LogP contribution in [-0.2, 0) is 27.1 Å². The van der Waals surface area contributed by atoms with Gasteiger partial charge in [-0.1, -0.05) is 42.0 Å². The van der Waals surface area contributed by atoms with Crippen molar-refractivity contribution in [2.24, 2.45) is 5.92 Å². The fourth-order valence-electron chi connectivity index (χ4n) is 4.63. The largest absolute Gasteiger partial charge is 0.372 e. The lowest BCUT2D eigenvalue weighted by Gasteiger charge is -2.30. The number of piperidine rings is 1. The predicted octanol–water partition coefficient (Wildman–Crippen LogP) is 3.45. The molecule has 0 spiro atoms. The molecule has 0 atom stereocenters. The van der Waals surface area contributed by atoms with Gasteiger partial charge in [0, 0.05) is 44.3 Å². The molecule has 1 N–H and O–H groups in total. The van der Waals surface area contributed by atoms with E-state index in [2.05, 4.69) is 34.5 Å². The van der Waals surface area contributed by atoms with Crippen LogP contribution in [0.4, 0.5) is 5.69 Å². The monoisotopic (exact) mass is 455 g/mol. The van der Waals surface area contributed by atoms with Gasteiger partial charge in [0.05, 0.1) is 5.75 Å². The van der Waals surface area contributed by atoms with Gasteiger partial charge in [0.15, 0.2) is 0 Å². The summed E-state index contributed by atoms with van der Waals surface area (Å²) >= 11 is 0. The lowest BCUT2D eigenvalue weighted by molar-refractivity contribution is -0.126. The molecule has 2 aliphatic rings. The molecule has 0 bridgehead atoms. The van der Waals surface area contributed by atoms with Gasteiger partial charge in [0.25, 0.3) is 0 Å². The van der Waals surface area contributed by atoms with Gasteiger partial charge >= 0.3 is 0 Å². The minimum absolute atomic E-state index is 0.0129. The molecule has 2 saturated heterocycles. The summed E-state index contributed by atoms with van der Waals surface area (Å²) in [4.78, 5) is 15.0. The molecule has 2 heterocycles. The van der Waals surface area contributed by atoms with Crippen LogP contribution in [0.5, 0.6) is 0 Å². The van der Waals surface area contributed by atoms with Gasteiger partial charge < -0.3 is 10.2 Å². The second-order valence-electron chi connectivity index (χ2n) is 9.00. The molecule has 2 aromatic carbocycles. The first-order valence-electron chi connectivity index (χ1n) is 11.6. The Hall–Kier alpha value is -2.38. The Kier molecular flexibility index (Phi) is 7.16. The summed E-state index contributed by atoms with van der Waals surface area (Å²) in [6, 6.07) is 16.0. The summed E-state index contributed by atoms with van der Waals surface area (Å²) in [6.45, 7) is 5.51. The van der Waals surface area contributed by atoms with Gasteiger partial charge in [0.2, 0.25) is 15.9 Å². The van der Waals surface area contributed by atoms with E-state index in [-0.39, 0.29) is 17.6 Å². The van der Waals surface area contributed by atoms with E-state index in [1.165, 1.54) is 22.8 Å². The van der Waals surface area contributed by atoms with Crippen LogP contribution in [0, 0.1) is 12.8 Å². The number of hydrogen-bond donors (Lipinski definition) is 1. The zero-order valence-corrected chi connectivity index (χ0v) is 19.6. The number of nitrogens with one attached hydrogen (secondary N) is 1. The van der Waals surface area contributed by atoms with Crippen LogP contribution in [0.25, 0.3) is 0 Å². The van der Waals surface area contributed by atoms with Gasteiger partial charge in [-0.2, -0.15) is 0 Å². The highest BCUT2D eigenvalue weighted by Crippen LogP contribution is 2.23. The van der Waals surface area contributed by atoms with Crippen molar-refractivity contribution in [3.8, 4) is 0 Å². The van der Waals surface area contributed by atoms with Gasteiger partial charge in [-0.05, 0) is 55.9 Å². The molecule has 6 nitrogen and oxygen atoms in total. The number of sulfonamides is 1. The van der Waals surface area contributed by atoms with Gasteiger partial charge in [-0.3, -0.25) is 4.79 Å². The van der Waals surface area contributed by atoms with Crippen molar-refractivity contribution in [1.29, 1.82) is 0 Å². The molecule has 0 radical (unpaired) electrons. The summed E-state index contributed by atoms with van der Waals surface area (Å²) in [6.07, 6.45) is 3.63. The third kappa shape index (κ3) is 5.70. The molecule has 7 heteroatoms. The van der Waals surface area contributed by atoms with E-state index in [0.717, 1.165) is 29.8 Å². The Morgan fingerprint density at radius 3 is 2.31 bits per heavy atom. The maximum atomic E-state index is 12.8. The standard InChI is InChI=1S/C25H33N3O3S/c1-20-5-4-6-22(17-20)19-32(30,31)28-15-11-23(12-16-28)25(29)26-18-21-7-9-24(10-8-21)27-13-2-3-14-27/h4-10,17,23H,2-3,11-16,18-19H2,1H3,(H,26,29). The van der Waals surface area contributed by atoms with E-state index >= 15 is 0 Å². The van der Waals surface area contributed by atoms with E-state index in [0.29, 0.717) is 32.5 Å². The lowest BCUT2D eigenvalue weighted by atomic mass is 9.97. The molecule has 0 aliphatic carbocycles. The van der Waals surface area contributed by atoms with E-state index in [1.54, 1.807) is 0 Å². The summed E-state index contributed by atoms with van der Waals surface area (Å²) in [5, 5.41) is 3.04. The second-order valence-corrected chi connectivity index (χ2v) is 11.0. The van der Waals surface area contributed by atoms with Crippen molar-refractivity contribution in [2.75, 3.05) is 31.1 Å². The van der Waals surface area contributed by atoms with Crippen molar-refractivity contribution in [1.82, 2.24) is 9.62 Å². The fourth-order valence-corrected chi connectivity index (χ4v) is 6.18. The molecular weight excluding hydrogens is 422 g/mol. The molecule has 172 valence electrons. The minimum Gasteiger partial charge on any atom is -0.372 e. The van der Waals surface area contributed by atoms with E-state index in [9.17, 15) is 13.2 Å². The first-order chi connectivity index (χ1) is 15.4. The fraction of sp³-hybridized carbons (Fsp3) is 0.480. The zero-order valence-electron chi connectivity index (χ0n) is 18.8. The topological polar surface area (TPSA) is 69.7 Å². The molecule has 2 aliphatic heterocycles. The smallest absolute Gasteiger partial charge is 0.223 e. The van der Waals surface area contributed by atoms with Crippen LogP contribution in [0.3, 0.4) is 0 Å². The first kappa shape index (κ1) is 22.8. The predicted molar refractivity (Wildman–Crippen MR) is 128 cm³/mol. The Bertz CT molecular complexity index is 1020. The highest BCUT2D eigenvalue weighted by molar-refractivity contribution is 7.88. The summed E-state index contributed by atoms with van der Waals surface area (Å²) < 4.78 is 27.1. The van der Waals surface area contributed by atoms with Gasteiger partial charge in [-0.25, -0.2) is 12.7 Å². The molecule has 2 aromatic rings. The van der Waals surface area contributed by atoms with Crippen molar-refractivity contribution in [3.05, 3.63) is 65.2 Å². The molecular formula is C25H33N3O3S. The number of carbonyl (C=O) groups excluding carboxylic acids is 1. The average Bonchev–Trinajstić information content (AvgIpc) is 3.33. The van der Waals surface area contributed by atoms with Crippen LogP contribution in [0.15, 0.2) is 48.5 Å². The third-order valence-corrected chi connectivity index (χ3v) is 8.37. The van der Waals surface area contributed by atoms with E-state index < -0.39 is 10.0 Å². The van der Waals surface area contributed by atoms with Crippen LogP contribution < -0.4 is 10.2 Å². The Labute approximate surface area is 191 Å². The van der Waals surface area contributed by atoms with Gasteiger partial charge in [0.1, 0.15) is 0 Å². The number of amides is 1. The number of benzene rings is 2. The van der Waals surface area contributed by atoms with Crippen LogP contribution >= 0.6 is 0 Å². The van der Waals surface area contributed by atoms with Crippen molar-refractivity contribution in [2.45, 2.75) is 44.9 Å². The number of nitrogens with zero attached hydrogens (tertiary/aromatic N) is 2. The molecule has 0 unspecified atom stereocenters. The minimum atomic E-state index is -3.37. The molecule has 32 heavy (non-hydrogen) atoms. The highest BCUT2D eigenvalue weighted by Gasteiger charge is 2.31. The number of aryl methyl sites for hydroxylation is 1. The second kappa shape index (κ2) is 10.0.